The number of piperidine rings is 1. The number of alkyl halides is 3. The van der Waals surface area contributed by atoms with Gasteiger partial charge in [0.25, 0.3) is 10.0 Å². The van der Waals surface area contributed by atoms with E-state index in [1.807, 2.05) is 0 Å². The molecule has 0 unspecified atom stereocenters. The van der Waals surface area contributed by atoms with Gasteiger partial charge in [-0.2, -0.15) is 13.2 Å². The summed E-state index contributed by atoms with van der Waals surface area (Å²) in [7, 11) is -4.18. The second kappa shape index (κ2) is 11.4. The van der Waals surface area contributed by atoms with Crippen molar-refractivity contribution >= 4 is 45.6 Å². The number of thiol groups is 1. The van der Waals surface area contributed by atoms with Gasteiger partial charge in [0, 0.05) is 47.4 Å². The molecule has 2 aromatic heterocycles. The minimum atomic E-state index is -4.83. The number of aromatic nitrogens is 3. The second-order valence-electron chi connectivity index (χ2n) is 11.2. The standard InChI is InChI=1S/C29H30F3N5O4S2/c1-28(2,3)41-27(38)36-13-7-8-18(16-36)34-26-33-15-23(29(30,31)32)25(35-26)22-17-37(24-14-19(42)11-12-21(22)24)43(39,40)20-9-5-4-6-10-20/h4-6,9-12,14-15,17-18,42H,7-8,13,16H2,1-3H3,(H,33,34,35)/t18-/m0/s1. The van der Waals surface area contributed by atoms with Gasteiger partial charge in [-0.3, -0.25) is 0 Å². The number of anilines is 1. The van der Waals surface area contributed by atoms with Crippen molar-refractivity contribution in [2.45, 2.75) is 61.2 Å². The number of hydrogen-bond donors (Lipinski definition) is 2. The van der Waals surface area contributed by atoms with E-state index < -0.39 is 39.2 Å². The highest BCUT2D eigenvalue weighted by Gasteiger charge is 2.37. The van der Waals surface area contributed by atoms with Crippen LogP contribution in [0.3, 0.4) is 0 Å². The minimum absolute atomic E-state index is 0.0315. The van der Waals surface area contributed by atoms with E-state index in [1.54, 1.807) is 45.0 Å². The maximum Gasteiger partial charge on any atom is 0.419 e. The summed E-state index contributed by atoms with van der Waals surface area (Å²) in [6, 6.07) is 11.8. The molecule has 0 bridgehead atoms. The maximum absolute atomic E-state index is 14.3. The van der Waals surface area contributed by atoms with Crippen molar-refractivity contribution in [3.8, 4) is 11.3 Å². The van der Waals surface area contributed by atoms with Crippen molar-refractivity contribution in [3.63, 3.8) is 0 Å². The fourth-order valence-corrected chi connectivity index (χ4v) is 6.49. The molecule has 3 heterocycles. The Bertz CT molecular complexity index is 1770. The lowest BCUT2D eigenvalue weighted by molar-refractivity contribution is -0.137. The monoisotopic (exact) mass is 633 g/mol. The van der Waals surface area contributed by atoms with Crippen LogP contribution in [-0.4, -0.2) is 58.1 Å². The van der Waals surface area contributed by atoms with Crippen molar-refractivity contribution < 1.29 is 31.1 Å². The van der Waals surface area contributed by atoms with Crippen molar-refractivity contribution in [2.24, 2.45) is 0 Å². The Morgan fingerprint density at radius 3 is 2.51 bits per heavy atom. The molecule has 4 aromatic rings. The van der Waals surface area contributed by atoms with E-state index in [4.69, 9.17) is 4.74 Å². The number of nitrogens with zero attached hydrogens (tertiary/aromatic N) is 4. The highest BCUT2D eigenvalue weighted by molar-refractivity contribution is 7.90. The van der Waals surface area contributed by atoms with E-state index in [0.29, 0.717) is 30.5 Å². The SMILES string of the molecule is CC(C)(C)OC(=O)N1CCC[C@H](Nc2ncc(C(F)(F)F)c(-c3cn(S(=O)(=O)c4ccccc4)c4cc(S)ccc34)n2)C1. The number of halogens is 3. The number of carbonyl (C=O) groups excluding carboxylic acids is 1. The molecule has 1 aliphatic rings. The normalized spacial score (nSPS) is 16.3. The molecule has 1 aliphatic heterocycles. The minimum Gasteiger partial charge on any atom is -0.444 e. The number of hydrogen-bond acceptors (Lipinski definition) is 8. The molecular formula is C29H30F3N5O4S2. The van der Waals surface area contributed by atoms with Gasteiger partial charge in [-0.25, -0.2) is 27.2 Å². The zero-order valence-electron chi connectivity index (χ0n) is 23.6. The first-order valence-corrected chi connectivity index (χ1v) is 15.4. The van der Waals surface area contributed by atoms with Gasteiger partial charge >= 0.3 is 12.3 Å². The van der Waals surface area contributed by atoms with Crippen LogP contribution in [0.25, 0.3) is 22.2 Å². The predicted molar refractivity (Wildman–Crippen MR) is 159 cm³/mol. The van der Waals surface area contributed by atoms with Crippen LogP contribution >= 0.6 is 12.6 Å². The summed E-state index contributed by atoms with van der Waals surface area (Å²) in [4.78, 5) is 22.7. The van der Waals surface area contributed by atoms with Gasteiger partial charge < -0.3 is 15.0 Å². The molecule has 0 spiro atoms. The van der Waals surface area contributed by atoms with E-state index in [9.17, 15) is 26.4 Å². The Labute approximate surface area is 252 Å². The van der Waals surface area contributed by atoms with E-state index in [0.717, 1.165) is 10.2 Å². The molecule has 1 atom stereocenters. The van der Waals surface area contributed by atoms with Crippen LogP contribution in [0.4, 0.5) is 23.9 Å². The van der Waals surface area contributed by atoms with Gasteiger partial charge in [-0.05, 0) is 57.9 Å². The molecule has 14 heteroatoms. The highest BCUT2D eigenvalue weighted by Crippen LogP contribution is 2.40. The molecule has 0 radical (unpaired) electrons. The van der Waals surface area contributed by atoms with E-state index in [1.165, 1.54) is 29.2 Å². The Kier molecular flexibility index (Phi) is 8.11. The van der Waals surface area contributed by atoms with Crippen LogP contribution in [0.15, 0.2) is 70.7 Å². The van der Waals surface area contributed by atoms with Gasteiger partial charge in [0.2, 0.25) is 5.95 Å². The summed E-state index contributed by atoms with van der Waals surface area (Å²) < 4.78 is 76.5. The summed E-state index contributed by atoms with van der Waals surface area (Å²) >= 11 is 4.33. The van der Waals surface area contributed by atoms with Crippen molar-refractivity contribution in [2.75, 3.05) is 18.4 Å². The van der Waals surface area contributed by atoms with Gasteiger partial charge in [-0.1, -0.05) is 24.3 Å². The summed E-state index contributed by atoms with van der Waals surface area (Å²) in [5.41, 5.74) is -2.18. The third-order valence-electron chi connectivity index (χ3n) is 6.81. The third-order valence-corrected chi connectivity index (χ3v) is 8.78. The average Bonchev–Trinajstić information content (AvgIpc) is 3.31. The molecule has 1 N–H and O–H groups in total. The zero-order chi connectivity index (χ0) is 31.2. The van der Waals surface area contributed by atoms with Crippen LogP contribution in [-0.2, 0) is 20.9 Å². The largest absolute Gasteiger partial charge is 0.444 e. The number of carbonyl (C=O) groups is 1. The molecule has 228 valence electrons. The molecule has 5 rings (SSSR count). The van der Waals surface area contributed by atoms with Crippen LogP contribution in [0, 0.1) is 0 Å². The fourth-order valence-electron chi connectivity index (χ4n) is 4.91. The number of benzene rings is 2. The van der Waals surface area contributed by atoms with Gasteiger partial charge in [0.1, 0.15) is 11.2 Å². The molecule has 0 saturated carbocycles. The summed E-state index contributed by atoms with van der Waals surface area (Å²) in [6.45, 7) is 6.02. The molecule has 1 fully saturated rings. The molecule has 0 aliphatic carbocycles. The number of fused-ring (bicyclic) bond motifs is 1. The van der Waals surface area contributed by atoms with Gasteiger partial charge in [0.05, 0.1) is 16.1 Å². The third kappa shape index (κ3) is 6.59. The molecular weight excluding hydrogens is 603 g/mol. The summed E-state index contributed by atoms with van der Waals surface area (Å²) in [6.07, 6.45) is -2.22. The van der Waals surface area contributed by atoms with Crippen molar-refractivity contribution in [1.82, 2.24) is 18.8 Å². The number of ether oxygens (including phenoxy) is 1. The van der Waals surface area contributed by atoms with E-state index in [2.05, 4.69) is 27.9 Å². The molecule has 1 saturated heterocycles. The number of likely N-dealkylation sites (tertiary alicyclic amines) is 1. The molecule has 1 amide bonds. The molecule has 2 aromatic carbocycles. The van der Waals surface area contributed by atoms with Crippen molar-refractivity contribution in [3.05, 3.63) is 66.5 Å². The Morgan fingerprint density at radius 2 is 1.84 bits per heavy atom. The quantitative estimate of drug-likeness (QED) is 0.243. The first-order valence-electron chi connectivity index (χ1n) is 13.5. The second-order valence-corrected chi connectivity index (χ2v) is 13.6. The maximum atomic E-state index is 14.3. The highest BCUT2D eigenvalue weighted by atomic mass is 32.2. The number of amides is 1. The average molecular weight is 634 g/mol. The fraction of sp³-hybridized carbons (Fsp3) is 0.345. The Morgan fingerprint density at radius 1 is 1.12 bits per heavy atom. The molecule has 9 nitrogen and oxygen atoms in total. The van der Waals surface area contributed by atoms with E-state index >= 15 is 0 Å². The summed E-state index contributed by atoms with van der Waals surface area (Å²) in [5, 5.41) is 3.30. The smallest absolute Gasteiger partial charge is 0.419 e. The topological polar surface area (TPSA) is 106 Å². The lowest BCUT2D eigenvalue weighted by atomic mass is 10.1. The Hall–Kier alpha value is -3.78. The van der Waals surface area contributed by atoms with Gasteiger partial charge in [-0.15, -0.1) is 12.6 Å². The lowest BCUT2D eigenvalue weighted by Gasteiger charge is -2.34. The first-order chi connectivity index (χ1) is 20.1. The summed E-state index contributed by atoms with van der Waals surface area (Å²) in [5.74, 6) is -0.0864. The zero-order valence-corrected chi connectivity index (χ0v) is 25.3. The first kappa shape index (κ1) is 30.7. The van der Waals surface area contributed by atoms with Crippen LogP contribution in [0.5, 0.6) is 0 Å². The van der Waals surface area contributed by atoms with Crippen LogP contribution in [0.1, 0.15) is 39.2 Å². The molecule has 43 heavy (non-hydrogen) atoms. The van der Waals surface area contributed by atoms with E-state index in [-0.39, 0.29) is 39.9 Å². The lowest BCUT2D eigenvalue weighted by Crippen LogP contribution is -2.47. The number of nitrogens with one attached hydrogen (secondary N) is 1. The number of rotatable bonds is 5. The predicted octanol–water partition coefficient (Wildman–Crippen LogP) is 6.45. The Balaban J connectivity index is 1.57. The van der Waals surface area contributed by atoms with Crippen LogP contribution in [0.2, 0.25) is 0 Å². The van der Waals surface area contributed by atoms with Crippen LogP contribution < -0.4 is 5.32 Å². The van der Waals surface area contributed by atoms with Crippen molar-refractivity contribution in [1.29, 1.82) is 0 Å². The van der Waals surface area contributed by atoms with Gasteiger partial charge in [0.15, 0.2) is 0 Å².